The lowest BCUT2D eigenvalue weighted by Gasteiger charge is -2.24. The van der Waals surface area contributed by atoms with Gasteiger partial charge in [-0.1, -0.05) is 12.1 Å². The Bertz CT molecular complexity index is 1040. The van der Waals surface area contributed by atoms with Gasteiger partial charge in [0.2, 0.25) is 29.5 Å². The number of primary amides is 1. The number of hydrogen-bond acceptors (Lipinski definition) is 9. The molecule has 0 spiro atoms. The standard InChI is InChI=1S/C24H36N6O8S/c1-12(20(33)29-17(8-9-39-3)22(35)28-13(2)24(37)38)27-23(36)18(10-14-4-6-15(31)7-5-14)30-21(34)16(25)11-19(26)32/h4-7,12-13,16-18,31H,8-11,25H2,1-3H3,(H2,26,32)(H,27,36)(H,28,35)(H,29,33)(H,30,34)(H,37,38)/t12-,13-,16-,17-,18-/m0/s1. The number of hydrogen-bond donors (Lipinski definition) is 8. The van der Waals surface area contributed by atoms with Gasteiger partial charge in [-0.05, 0) is 50.0 Å². The third-order valence-electron chi connectivity index (χ3n) is 5.49. The maximum Gasteiger partial charge on any atom is 0.325 e. The average Bonchev–Trinajstić information content (AvgIpc) is 2.86. The summed E-state index contributed by atoms with van der Waals surface area (Å²) >= 11 is 1.42. The molecule has 1 aromatic rings. The van der Waals surface area contributed by atoms with Crippen LogP contribution in [0, 0.1) is 0 Å². The van der Waals surface area contributed by atoms with Gasteiger partial charge in [0.15, 0.2) is 0 Å². The Hall–Kier alpha value is -3.85. The first kappa shape index (κ1) is 33.2. The molecule has 0 fully saturated rings. The van der Waals surface area contributed by atoms with Gasteiger partial charge < -0.3 is 42.9 Å². The smallest absolute Gasteiger partial charge is 0.325 e. The summed E-state index contributed by atoms with van der Waals surface area (Å²) in [5.41, 5.74) is 11.3. The molecule has 1 aromatic carbocycles. The first-order chi connectivity index (χ1) is 18.2. The fourth-order valence-electron chi connectivity index (χ4n) is 3.22. The molecule has 0 aliphatic carbocycles. The number of carboxylic acid groups (broad SMARTS) is 1. The van der Waals surface area contributed by atoms with E-state index < -0.39 is 72.1 Å². The Kier molecular flexibility index (Phi) is 13.8. The fraction of sp³-hybridized carbons (Fsp3) is 0.500. The van der Waals surface area contributed by atoms with Crippen molar-refractivity contribution >= 4 is 47.3 Å². The highest BCUT2D eigenvalue weighted by Gasteiger charge is 2.29. The van der Waals surface area contributed by atoms with Gasteiger partial charge in [0.05, 0.1) is 12.5 Å². The Morgan fingerprint density at radius 3 is 1.92 bits per heavy atom. The molecule has 0 radical (unpaired) electrons. The largest absolute Gasteiger partial charge is 0.508 e. The van der Waals surface area contributed by atoms with E-state index in [4.69, 9.17) is 16.6 Å². The van der Waals surface area contributed by atoms with Gasteiger partial charge >= 0.3 is 5.97 Å². The van der Waals surface area contributed by atoms with Crippen LogP contribution in [-0.4, -0.2) is 87.9 Å². The van der Waals surface area contributed by atoms with Crippen molar-refractivity contribution in [1.82, 2.24) is 21.3 Å². The van der Waals surface area contributed by atoms with Crippen molar-refractivity contribution in [2.24, 2.45) is 11.5 Å². The number of nitrogens with two attached hydrogens (primary N) is 2. The molecule has 14 nitrogen and oxygen atoms in total. The van der Waals surface area contributed by atoms with Gasteiger partial charge in [-0.3, -0.25) is 28.8 Å². The molecule has 0 aliphatic rings. The fourth-order valence-corrected chi connectivity index (χ4v) is 3.69. The molecule has 0 saturated heterocycles. The average molecular weight is 569 g/mol. The molecule has 1 rings (SSSR count). The Morgan fingerprint density at radius 2 is 1.38 bits per heavy atom. The van der Waals surface area contributed by atoms with E-state index in [0.29, 0.717) is 11.3 Å². The number of nitrogens with one attached hydrogen (secondary N) is 4. The zero-order chi connectivity index (χ0) is 29.7. The highest BCUT2D eigenvalue weighted by Crippen LogP contribution is 2.12. The van der Waals surface area contributed by atoms with Crippen molar-refractivity contribution in [3.8, 4) is 5.75 Å². The summed E-state index contributed by atoms with van der Waals surface area (Å²) in [6.07, 6.45) is 1.53. The number of phenolic OH excluding ortho intramolecular Hbond substituents is 1. The van der Waals surface area contributed by atoms with Crippen molar-refractivity contribution in [2.75, 3.05) is 12.0 Å². The second kappa shape index (κ2) is 16.2. The summed E-state index contributed by atoms with van der Waals surface area (Å²) in [4.78, 5) is 73.2. The quantitative estimate of drug-likeness (QED) is 0.108. The summed E-state index contributed by atoms with van der Waals surface area (Å²) in [6.45, 7) is 2.66. The van der Waals surface area contributed by atoms with E-state index in [1.54, 1.807) is 6.26 Å². The summed E-state index contributed by atoms with van der Waals surface area (Å²) in [5, 5.41) is 28.3. The van der Waals surface area contributed by atoms with E-state index in [9.17, 15) is 33.9 Å². The van der Waals surface area contributed by atoms with Crippen LogP contribution in [0.25, 0.3) is 0 Å². The van der Waals surface area contributed by atoms with E-state index >= 15 is 0 Å². The molecule has 0 bridgehead atoms. The molecule has 10 N–H and O–H groups in total. The second-order valence-electron chi connectivity index (χ2n) is 8.85. The molecule has 15 heteroatoms. The Labute approximate surface area is 230 Å². The molecular weight excluding hydrogens is 532 g/mol. The van der Waals surface area contributed by atoms with Crippen LogP contribution in [0.1, 0.15) is 32.3 Å². The zero-order valence-electron chi connectivity index (χ0n) is 21.9. The van der Waals surface area contributed by atoms with Crippen LogP contribution in [0.4, 0.5) is 0 Å². The van der Waals surface area contributed by atoms with Crippen LogP contribution in [0.3, 0.4) is 0 Å². The maximum atomic E-state index is 13.1. The van der Waals surface area contributed by atoms with E-state index in [0.717, 1.165) is 0 Å². The molecule has 0 aliphatic heterocycles. The van der Waals surface area contributed by atoms with Gasteiger partial charge in [0.1, 0.15) is 29.9 Å². The van der Waals surface area contributed by atoms with Crippen LogP contribution < -0.4 is 32.7 Å². The predicted molar refractivity (Wildman–Crippen MR) is 143 cm³/mol. The topological polar surface area (TPSA) is 243 Å². The monoisotopic (exact) mass is 568 g/mol. The Balaban J connectivity index is 2.98. The van der Waals surface area contributed by atoms with Crippen LogP contribution in [-0.2, 0) is 35.2 Å². The molecule has 5 amide bonds. The third-order valence-corrected chi connectivity index (χ3v) is 6.14. The SMILES string of the molecule is CSCC[C@H](NC(=O)[C@H](C)NC(=O)[C@H](Cc1ccc(O)cc1)NC(=O)[C@@H](N)CC(N)=O)C(=O)N[C@@H](C)C(=O)O. The lowest BCUT2D eigenvalue weighted by atomic mass is 10.0. The van der Waals surface area contributed by atoms with Crippen LogP contribution in [0.2, 0.25) is 0 Å². The van der Waals surface area contributed by atoms with Crippen LogP contribution >= 0.6 is 11.8 Å². The highest BCUT2D eigenvalue weighted by molar-refractivity contribution is 7.98. The number of aromatic hydroxyl groups is 1. The third kappa shape index (κ3) is 12.0. The summed E-state index contributed by atoms with van der Waals surface area (Å²) in [5.74, 6) is -4.53. The van der Waals surface area contributed by atoms with Crippen LogP contribution in [0.5, 0.6) is 5.75 Å². The lowest BCUT2D eigenvalue weighted by Crippen LogP contribution is -2.58. The predicted octanol–water partition coefficient (Wildman–Crippen LogP) is -2.05. The van der Waals surface area contributed by atoms with Gasteiger partial charge in [-0.25, -0.2) is 0 Å². The van der Waals surface area contributed by atoms with Gasteiger partial charge in [0, 0.05) is 6.42 Å². The van der Waals surface area contributed by atoms with Crippen molar-refractivity contribution < 1.29 is 39.0 Å². The number of carboxylic acids is 1. The van der Waals surface area contributed by atoms with E-state index in [1.165, 1.54) is 49.9 Å². The van der Waals surface area contributed by atoms with Crippen molar-refractivity contribution in [1.29, 1.82) is 0 Å². The minimum Gasteiger partial charge on any atom is -0.508 e. The zero-order valence-corrected chi connectivity index (χ0v) is 22.7. The van der Waals surface area contributed by atoms with Gasteiger partial charge in [0.25, 0.3) is 0 Å². The molecule has 0 heterocycles. The number of benzene rings is 1. The number of rotatable bonds is 16. The molecule has 0 aromatic heterocycles. The second-order valence-corrected chi connectivity index (χ2v) is 9.84. The van der Waals surface area contributed by atoms with Crippen LogP contribution in [0.15, 0.2) is 24.3 Å². The number of thioether (sulfide) groups is 1. The summed E-state index contributed by atoms with van der Waals surface area (Å²) in [7, 11) is 0. The number of aliphatic carboxylic acids is 1. The summed E-state index contributed by atoms with van der Waals surface area (Å²) < 4.78 is 0. The highest BCUT2D eigenvalue weighted by atomic mass is 32.2. The Morgan fingerprint density at radius 1 is 0.846 bits per heavy atom. The minimum atomic E-state index is -1.30. The number of amides is 5. The molecule has 39 heavy (non-hydrogen) atoms. The maximum absolute atomic E-state index is 13.1. The number of phenols is 1. The van der Waals surface area contributed by atoms with E-state index in [-0.39, 0.29) is 18.6 Å². The molecule has 216 valence electrons. The van der Waals surface area contributed by atoms with Gasteiger partial charge in [-0.2, -0.15) is 11.8 Å². The minimum absolute atomic E-state index is 0.00428. The van der Waals surface area contributed by atoms with E-state index in [1.807, 2.05) is 0 Å². The van der Waals surface area contributed by atoms with E-state index in [2.05, 4.69) is 21.3 Å². The first-order valence-corrected chi connectivity index (χ1v) is 13.4. The van der Waals surface area contributed by atoms with Crippen molar-refractivity contribution in [2.45, 2.75) is 63.3 Å². The number of carbonyl (C=O) groups is 6. The molecule has 5 atom stereocenters. The normalized spacial score (nSPS) is 14.6. The van der Waals surface area contributed by atoms with Crippen molar-refractivity contribution in [3.05, 3.63) is 29.8 Å². The summed E-state index contributed by atoms with van der Waals surface area (Å²) in [6, 6.07) is -0.0393. The lowest BCUT2D eigenvalue weighted by molar-refractivity contribution is -0.141. The molecule has 0 unspecified atom stereocenters. The van der Waals surface area contributed by atoms with Gasteiger partial charge in [-0.15, -0.1) is 0 Å². The van der Waals surface area contributed by atoms with Crippen molar-refractivity contribution in [3.63, 3.8) is 0 Å². The number of carbonyl (C=O) groups excluding carboxylic acids is 5. The first-order valence-electron chi connectivity index (χ1n) is 12.0. The molecular formula is C24H36N6O8S. The molecule has 0 saturated carbocycles.